The van der Waals surface area contributed by atoms with E-state index in [0.29, 0.717) is 28.2 Å². The molecular weight excluding hydrogens is 426 g/mol. The van der Waals surface area contributed by atoms with E-state index in [1.54, 1.807) is 47.1 Å². The number of nitrogens with zero attached hydrogens (tertiary/aromatic N) is 4. The summed E-state index contributed by atoms with van der Waals surface area (Å²) in [6, 6.07) is 17.8. The number of hydrogen-bond acceptors (Lipinski definition) is 5. The molecule has 0 aliphatic carbocycles. The molecule has 162 valence electrons. The third-order valence-corrected chi connectivity index (χ3v) is 5.39. The maximum Gasteiger partial charge on any atom is 0.238 e. The van der Waals surface area contributed by atoms with Gasteiger partial charge >= 0.3 is 0 Å². The van der Waals surface area contributed by atoms with Gasteiger partial charge in [-0.15, -0.1) is 10.2 Å². The highest BCUT2D eigenvalue weighted by atomic mass is 35.5. The van der Waals surface area contributed by atoms with Crippen molar-refractivity contribution < 1.29 is 9.53 Å². The maximum atomic E-state index is 12.2. The minimum absolute atomic E-state index is 0.109. The Balaban J connectivity index is 1.36. The average molecular weight is 448 g/mol. The van der Waals surface area contributed by atoms with Crippen LogP contribution in [0.3, 0.4) is 0 Å². The summed E-state index contributed by atoms with van der Waals surface area (Å²) in [5.41, 5.74) is 4.69. The quantitative estimate of drug-likeness (QED) is 0.438. The lowest BCUT2D eigenvalue weighted by Gasteiger charge is -2.08. The molecule has 2 aromatic carbocycles. The van der Waals surface area contributed by atoms with Crippen LogP contribution in [0.15, 0.2) is 60.7 Å². The summed E-state index contributed by atoms with van der Waals surface area (Å²) in [4.78, 5) is 12.2. The monoisotopic (exact) mass is 447 g/mol. The average Bonchev–Trinajstić information content (AvgIpc) is 3.04. The Morgan fingerprint density at radius 3 is 2.28 bits per heavy atom. The van der Waals surface area contributed by atoms with E-state index in [1.165, 1.54) is 0 Å². The molecule has 7 nitrogen and oxygen atoms in total. The van der Waals surface area contributed by atoms with Gasteiger partial charge in [0, 0.05) is 22.5 Å². The van der Waals surface area contributed by atoms with Crippen LogP contribution in [0.25, 0.3) is 5.82 Å². The molecule has 0 bridgehead atoms. The lowest BCUT2D eigenvalue weighted by Crippen LogP contribution is -2.14. The molecule has 4 aromatic rings. The summed E-state index contributed by atoms with van der Waals surface area (Å²) in [6.45, 7) is 5.99. The fourth-order valence-corrected chi connectivity index (χ4v) is 3.27. The Labute approximate surface area is 191 Å². The van der Waals surface area contributed by atoms with Gasteiger partial charge in [-0.05, 0) is 74.4 Å². The molecule has 2 heterocycles. The van der Waals surface area contributed by atoms with Crippen LogP contribution in [0.2, 0.25) is 5.02 Å². The summed E-state index contributed by atoms with van der Waals surface area (Å²) in [6.07, 6.45) is 0.270. The van der Waals surface area contributed by atoms with Crippen molar-refractivity contribution in [1.29, 1.82) is 0 Å². The number of nitrogens with one attached hydrogen (secondary N) is 1. The van der Waals surface area contributed by atoms with Crippen LogP contribution in [-0.4, -0.2) is 25.9 Å². The van der Waals surface area contributed by atoms with Crippen LogP contribution in [0.5, 0.6) is 11.6 Å². The first-order valence-corrected chi connectivity index (χ1v) is 10.5. The molecule has 0 aliphatic rings. The molecule has 2 aromatic heterocycles. The first-order valence-electron chi connectivity index (χ1n) is 10.1. The van der Waals surface area contributed by atoms with E-state index >= 15 is 0 Å². The topological polar surface area (TPSA) is 81.9 Å². The molecule has 32 heavy (non-hydrogen) atoms. The molecular formula is C24H22ClN5O2. The van der Waals surface area contributed by atoms with Gasteiger partial charge in [0.15, 0.2) is 5.82 Å². The van der Waals surface area contributed by atoms with E-state index in [4.69, 9.17) is 16.3 Å². The predicted octanol–water partition coefficient (Wildman–Crippen LogP) is 5.21. The fraction of sp³-hybridized carbons (Fsp3) is 0.167. The molecule has 0 saturated carbocycles. The number of aryl methyl sites for hydroxylation is 1. The van der Waals surface area contributed by atoms with Gasteiger partial charge in [-0.2, -0.15) is 5.10 Å². The highest BCUT2D eigenvalue weighted by Crippen LogP contribution is 2.22. The zero-order valence-electron chi connectivity index (χ0n) is 18.0. The van der Waals surface area contributed by atoms with Crippen molar-refractivity contribution in [3.05, 3.63) is 88.2 Å². The largest absolute Gasteiger partial charge is 0.438 e. The molecule has 0 fully saturated rings. The van der Waals surface area contributed by atoms with E-state index in [-0.39, 0.29) is 12.3 Å². The van der Waals surface area contributed by atoms with Crippen LogP contribution in [-0.2, 0) is 11.2 Å². The van der Waals surface area contributed by atoms with Crippen LogP contribution < -0.4 is 10.1 Å². The van der Waals surface area contributed by atoms with Gasteiger partial charge in [0.25, 0.3) is 0 Å². The van der Waals surface area contributed by atoms with Gasteiger partial charge in [0.1, 0.15) is 5.75 Å². The fourth-order valence-electron chi connectivity index (χ4n) is 3.14. The number of carbonyl (C=O) groups excluding carboxylic acids is 1. The standard InChI is InChI=1S/C24H22ClN5O2/c1-15-16(2)29-30(17(15)3)22-12-13-24(28-27-22)32-21-10-8-20(9-11-21)26-23(31)14-18-4-6-19(25)7-5-18/h4-13H,14H2,1-3H3,(H,26,31). The number of hydrogen-bond donors (Lipinski definition) is 1. The number of anilines is 1. The zero-order valence-corrected chi connectivity index (χ0v) is 18.7. The third-order valence-electron chi connectivity index (χ3n) is 5.13. The molecule has 1 N–H and O–H groups in total. The van der Waals surface area contributed by atoms with Crippen molar-refractivity contribution in [1.82, 2.24) is 20.0 Å². The second-order valence-corrected chi connectivity index (χ2v) is 7.85. The molecule has 4 rings (SSSR count). The summed E-state index contributed by atoms with van der Waals surface area (Å²) >= 11 is 5.87. The minimum Gasteiger partial charge on any atom is -0.438 e. The highest BCUT2D eigenvalue weighted by Gasteiger charge is 2.11. The second kappa shape index (κ2) is 9.20. The number of amides is 1. The number of carbonyl (C=O) groups is 1. The lowest BCUT2D eigenvalue weighted by atomic mass is 10.1. The number of ether oxygens (including phenoxy) is 1. The summed E-state index contributed by atoms with van der Waals surface area (Å²) in [5, 5.41) is 16.4. The molecule has 0 saturated heterocycles. The maximum absolute atomic E-state index is 12.2. The van der Waals surface area contributed by atoms with Crippen molar-refractivity contribution in [2.45, 2.75) is 27.2 Å². The molecule has 8 heteroatoms. The Hall–Kier alpha value is -3.71. The number of halogens is 1. The predicted molar refractivity (Wildman–Crippen MR) is 124 cm³/mol. The Morgan fingerprint density at radius 2 is 1.69 bits per heavy atom. The van der Waals surface area contributed by atoms with Crippen LogP contribution >= 0.6 is 11.6 Å². The second-order valence-electron chi connectivity index (χ2n) is 7.42. The van der Waals surface area contributed by atoms with Gasteiger partial charge in [-0.3, -0.25) is 4.79 Å². The first-order chi connectivity index (χ1) is 15.4. The molecule has 0 aliphatic heterocycles. The summed E-state index contributed by atoms with van der Waals surface area (Å²) < 4.78 is 7.53. The molecule has 0 atom stereocenters. The Bertz CT molecular complexity index is 1230. The zero-order chi connectivity index (χ0) is 22.7. The van der Waals surface area contributed by atoms with Gasteiger partial charge in [-0.25, -0.2) is 4.68 Å². The van der Waals surface area contributed by atoms with E-state index in [9.17, 15) is 4.79 Å². The first kappa shape index (κ1) is 21.5. The van der Waals surface area contributed by atoms with Crippen molar-refractivity contribution >= 4 is 23.2 Å². The van der Waals surface area contributed by atoms with Crippen LogP contribution in [0.4, 0.5) is 5.69 Å². The van der Waals surface area contributed by atoms with Crippen LogP contribution in [0, 0.1) is 20.8 Å². The lowest BCUT2D eigenvalue weighted by molar-refractivity contribution is -0.115. The molecule has 0 radical (unpaired) electrons. The van der Waals surface area contributed by atoms with E-state index in [1.807, 2.05) is 39.0 Å². The smallest absolute Gasteiger partial charge is 0.238 e. The number of aromatic nitrogens is 4. The minimum atomic E-state index is -0.109. The van der Waals surface area contributed by atoms with Gasteiger partial charge in [0.2, 0.25) is 11.8 Å². The summed E-state index contributed by atoms with van der Waals surface area (Å²) in [7, 11) is 0. The molecule has 1 amide bonds. The van der Waals surface area contributed by atoms with Crippen molar-refractivity contribution in [3.8, 4) is 17.4 Å². The van der Waals surface area contributed by atoms with Crippen molar-refractivity contribution in [3.63, 3.8) is 0 Å². The highest BCUT2D eigenvalue weighted by molar-refractivity contribution is 6.30. The molecule has 0 unspecified atom stereocenters. The molecule has 0 spiro atoms. The SMILES string of the molecule is Cc1nn(-c2ccc(Oc3ccc(NC(=O)Cc4ccc(Cl)cc4)cc3)nn2)c(C)c1C. The van der Waals surface area contributed by atoms with Gasteiger partial charge < -0.3 is 10.1 Å². The van der Waals surface area contributed by atoms with E-state index in [2.05, 4.69) is 20.6 Å². The van der Waals surface area contributed by atoms with Gasteiger partial charge in [0.05, 0.1) is 12.1 Å². The normalized spacial score (nSPS) is 10.8. The number of rotatable bonds is 6. The summed E-state index contributed by atoms with van der Waals surface area (Å²) in [5.74, 6) is 1.47. The third kappa shape index (κ3) is 4.95. The van der Waals surface area contributed by atoms with Gasteiger partial charge in [-0.1, -0.05) is 23.7 Å². The van der Waals surface area contributed by atoms with Crippen molar-refractivity contribution in [2.24, 2.45) is 0 Å². The van der Waals surface area contributed by atoms with E-state index < -0.39 is 0 Å². The Kier molecular flexibility index (Phi) is 6.18. The van der Waals surface area contributed by atoms with E-state index in [0.717, 1.165) is 22.5 Å². The van der Waals surface area contributed by atoms with Crippen LogP contribution in [0.1, 0.15) is 22.5 Å². The number of benzene rings is 2. The Morgan fingerprint density at radius 1 is 0.969 bits per heavy atom. The van der Waals surface area contributed by atoms with Crippen molar-refractivity contribution in [2.75, 3.05) is 5.32 Å².